The fraction of sp³-hybridized carbons (Fsp3) is 0.263. The molecule has 134 valence electrons. The van der Waals surface area contributed by atoms with Crippen molar-refractivity contribution in [3.63, 3.8) is 0 Å². The van der Waals surface area contributed by atoms with Crippen molar-refractivity contribution in [3.05, 3.63) is 66.4 Å². The van der Waals surface area contributed by atoms with Crippen molar-refractivity contribution in [2.45, 2.75) is 17.2 Å². The van der Waals surface area contributed by atoms with E-state index in [2.05, 4.69) is 11.0 Å². The van der Waals surface area contributed by atoms with Crippen molar-refractivity contribution < 1.29 is 8.42 Å². The molecular formula is C19H23ClN2O2S. The number of rotatable bonds is 6. The van der Waals surface area contributed by atoms with Crippen molar-refractivity contribution in [1.82, 2.24) is 9.47 Å². The van der Waals surface area contributed by atoms with Gasteiger partial charge in [-0.2, -0.15) is 0 Å². The second kappa shape index (κ2) is 8.04. The van der Waals surface area contributed by atoms with E-state index in [9.17, 15) is 8.42 Å². The van der Waals surface area contributed by atoms with Crippen LogP contribution in [0.25, 0.3) is 10.9 Å². The zero-order valence-electron chi connectivity index (χ0n) is 14.4. The predicted molar refractivity (Wildman–Crippen MR) is 105 cm³/mol. The lowest BCUT2D eigenvalue weighted by molar-refractivity contribution is 0.414. The molecule has 3 aromatic rings. The van der Waals surface area contributed by atoms with E-state index < -0.39 is 9.84 Å². The zero-order chi connectivity index (χ0) is 17.2. The molecule has 0 atom stereocenters. The molecule has 0 aliphatic rings. The van der Waals surface area contributed by atoms with Gasteiger partial charge in [-0.1, -0.05) is 36.4 Å². The van der Waals surface area contributed by atoms with Crippen LogP contribution in [0.15, 0.2) is 65.7 Å². The maximum Gasteiger partial charge on any atom is 0.196 e. The first-order valence-corrected chi connectivity index (χ1v) is 9.62. The summed E-state index contributed by atoms with van der Waals surface area (Å²) < 4.78 is 27.2. The van der Waals surface area contributed by atoms with Crippen LogP contribution in [-0.4, -0.2) is 38.5 Å². The number of sulfone groups is 1. The Hall–Kier alpha value is -1.82. The number of hydrogen-bond donors (Lipinski definition) is 0. The standard InChI is InChI=1S/C19H22N2O2S.ClH/c1-20(2)13-12-16-14-21(19-11-7-6-10-18(16)19)15-24(22,23)17-8-4-3-5-9-17;/h3-11,14H,12-13,15H2,1-2H3;1H. The maximum atomic E-state index is 12.7. The highest BCUT2D eigenvalue weighted by Gasteiger charge is 2.17. The molecule has 0 saturated carbocycles. The molecule has 1 heterocycles. The van der Waals surface area contributed by atoms with Crippen molar-refractivity contribution in [2.24, 2.45) is 0 Å². The van der Waals surface area contributed by atoms with Crippen molar-refractivity contribution in [2.75, 3.05) is 20.6 Å². The molecule has 0 radical (unpaired) electrons. The summed E-state index contributed by atoms with van der Waals surface area (Å²) in [6, 6.07) is 16.6. The maximum absolute atomic E-state index is 12.7. The normalized spacial score (nSPS) is 11.6. The summed E-state index contributed by atoms with van der Waals surface area (Å²) in [5, 5.41) is 1.13. The monoisotopic (exact) mass is 378 g/mol. The molecule has 0 saturated heterocycles. The molecule has 1 aromatic heterocycles. The zero-order valence-corrected chi connectivity index (χ0v) is 16.1. The van der Waals surface area contributed by atoms with E-state index in [1.165, 1.54) is 5.56 Å². The van der Waals surface area contributed by atoms with E-state index in [1.807, 2.05) is 49.1 Å². The third-order valence-corrected chi connectivity index (χ3v) is 5.72. The number of aromatic nitrogens is 1. The van der Waals surface area contributed by atoms with Crippen molar-refractivity contribution in [1.29, 1.82) is 0 Å². The summed E-state index contributed by atoms with van der Waals surface area (Å²) >= 11 is 0. The molecule has 4 nitrogen and oxygen atoms in total. The van der Waals surface area contributed by atoms with E-state index in [1.54, 1.807) is 24.3 Å². The Morgan fingerprint density at radius 1 is 0.960 bits per heavy atom. The average Bonchev–Trinajstić information content (AvgIpc) is 2.91. The first-order chi connectivity index (χ1) is 11.5. The lowest BCUT2D eigenvalue weighted by Gasteiger charge is -2.08. The fourth-order valence-electron chi connectivity index (χ4n) is 2.86. The Kier molecular flexibility index (Phi) is 6.27. The van der Waals surface area contributed by atoms with Gasteiger partial charge in [-0.15, -0.1) is 12.4 Å². The topological polar surface area (TPSA) is 42.3 Å². The van der Waals surface area contributed by atoms with Gasteiger partial charge in [-0.25, -0.2) is 8.42 Å². The summed E-state index contributed by atoms with van der Waals surface area (Å²) in [7, 11) is 0.711. The number of likely N-dealkylation sites (N-methyl/N-ethyl adjacent to an activating group) is 1. The van der Waals surface area contributed by atoms with E-state index in [0.29, 0.717) is 4.90 Å². The third kappa shape index (κ3) is 4.42. The van der Waals surface area contributed by atoms with Gasteiger partial charge >= 0.3 is 0 Å². The highest BCUT2D eigenvalue weighted by Crippen LogP contribution is 2.24. The first kappa shape index (κ1) is 19.5. The predicted octanol–water partition coefficient (Wildman–Crippen LogP) is 3.60. The Bertz CT molecular complexity index is 934. The van der Waals surface area contributed by atoms with E-state index in [4.69, 9.17) is 0 Å². The van der Waals surface area contributed by atoms with Crippen LogP contribution in [0.5, 0.6) is 0 Å². The number of benzene rings is 2. The first-order valence-electron chi connectivity index (χ1n) is 7.97. The third-order valence-electron chi connectivity index (χ3n) is 4.11. The number of fused-ring (bicyclic) bond motifs is 1. The van der Waals surface area contributed by atoms with Crippen LogP contribution in [0.4, 0.5) is 0 Å². The van der Waals surface area contributed by atoms with Crippen molar-refractivity contribution in [3.8, 4) is 0 Å². The quantitative estimate of drug-likeness (QED) is 0.658. The van der Waals surface area contributed by atoms with Crippen LogP contribution in [0.3, 0.4) is 0 Å². The van der Waals surface area contributed by atoms with Crippen LogP contribution in [0, 0.1) is 0 Å². The van der Waals surface area contributed by atoms with E-state index >= 15 is 0 Å². The van der Waals surface area contributed by atoms with Gasteiger partial charge in [0.15, 0.2) is 9.84 Å². The van der Waals surface area contributed by atoms with Gasteiger partial charge in [-0.05, 0) is 44.3 Å². The summed E-state index contributed by atoms with van der Waals surface area (Å²) in [4.78, 5) is 2.49. The van der Waals surface area contributed by atoms with Crippen LogP contribution in [-0.2, 0) is 22.1 Å². The number of nitrogens with zero attached hydrogens (tertiary/aromatic N) is 2. The summed E-state index contributed by atoms with van der Waals surface area (Å²) in [5.74, 6) is -0.0422. The molecule has 0 amide bonds. The molecule has 2 aromatic carbocycles. The number of para-hydroxylation sites is 1. The van der Waals surface area contributed by atoms with Gasteiger partial charge in [-0.3, -0.25) is 0 Å². The lowest BCUT2D eigenvalue weighted by Crippen LogP contribution is -2.15. The molecule has 0 spiro atoms. The highest BCUT2D eigenvalue weighted by molar-refractivity contribution is 7.90. The van der Waals surface area contributed by atoms with E-state index in [-0.39, 0.29) is 18.3 Å². The summed E-state index contributed by atoms with van der Waals surface area (Å²) in [5.41, 5.74) is 2.15. The van der Waals surface area contributed by atoms with Crippen molar-refractivity contribution >= 4 is 33.1 Å². The van der Waals surface area contributed by atoms with Crippen LogP contribution in [0.1, 0.15) is 5.56 Å². The Morgan fingerprint density at radius 3 is 2.28 bits per heavy atom. The van der Waals surface area contributed by atoms with Crippen LogP contribution in [0.2, 0.25) is 0 Å². The van der Waals surface area contributed by atoms with Gasteiger partial charge in [0.25, 0.3) is 0 Å². The van der Waals surface area contributed by atoms with E-state index in [0.717, 1.165) is 23.9 Å². The van der Waals surface area contributed by atoms with Gasteiger partial charge in [0.05, 0.1) is 4.90 Å². The Balaban J connectivity index is 0.00000225. The second-order valence-corrected chi connectivity index (χ2v) is 8.21. The van der Waals surface area contributed by atoms with Gasteiger partial charge in [0.2, 0.25) is 0 Å². The lowest BCUT2D eigenvalue weighted by atomic mass is 10.1. The number of hydrogen-bond acceptors (Lipinski definition) is 3. The summed E-state index contributed by atoms with van der Waals surface area (Å²) in [6.07, 6.45) is 2.88. The summed E-state index contributed by atoms with van der Waals surface area (Å²) in [6.45, 7) is 0.930. The molecule has 0 aliphatic carbocycles. The van der Waals surface area contributed by atoms with Gasteiger partial charge < -0.3 is 9.47 Å². The minimum atomic E-state index is -3.37. The molecule has 3 rings (SSSR count). The average molecular weight is 379 g/mol. The number of halogens is 1. The molecule has 0 fully saturated rings. The SMILES string of the molecule is CN(C)CCc1cn(CS(=O)(=O)c2ccccc2)c2ccccc12.Cl. The molecule has 0 unspecified atom stereocenters. The molecule has 6 heteroatoms. The Labute approximate surface area is 155 Å². The molecule has 25 heavy (non-hydrogen) atoms. The second-order valence-electron chi connectivity index (χ2n) is 6.25. The van der Waals surface area contributed by atoms with Crippen LogP contribution >= 0.6 is 12.4 Å². The minimum Gasteiger partial charge on any atom is -0.332 e. The van der Waals surface area contributed by atoms with Gasteiger partial charge in [0.1, 0.15) is 5.88 Å². The highest BCUT2D eigenvalue weighted by atomic mass is 35.5. The fourth-order valence-corrected chi connectivity index (χ4v) is 4.16. The smallest absolute Gasteiger partial charge is 0.196 e. The largest absolute Gasteiger partial charge is 0.332 e. The van der Waals surface area contributed by atoms with Crippen LogP contribution < -0.4 is 0 Å². The minimum absolute atomic E-state index is 0. The molecular weight excluding hydrogens is 356 g/mol. The van der Waals surface area contributed by atoms with Gasteiger partial charge in [0, 0.05) is 23.6 Å². The molecule has 0 N–H and O–H groups in total. The Morgan fingerprint density at radius 2 is 1.60 bits per heavy atom. The molecule has 0 bridgehead atoms. The molecule has 0 aliphatic heterocycles.